The Labute approximate surface area is 218 Å². The predicted octanol–water partition coefficient (Wildman–Crippen LogP) is 6.15. The molecule has 3 aromatic rings. The lowest BCUT2D eigenvalue weighted by Gasteiger charge is -2.26. The van der Waals surface area contributed by atoms with Crippen LogP contribution in [-0.2, 0) is 16.1 Å². The van der Waals surface area contributed by atoms with Crippen molar-refractivity contribution in [3.63, 3.8) is 0 Å². The van der Waals surface area contributed by atoms with Gasteiger partial charge >= 0.3 is 0 Å². The zero-order valence-corrected chi connectivity index (χ0v) is 21.9. The van der Waals surface area contributed by atoms with Gasteiger partial charge in [0.15, 0.2) is 0 Å². The molecule has 1 heterocycles. The number of ketones is 1. The molecule has 1 aliphatic heterocycles. The molecular weight excluding hydrogens is 466 g/mol. The van der Waals surface area contributed by atoms with Crippen molar-refractivity contribution in [2.45, 2.75) is 46.2 Å². The minimum atomic E-state index is -0.736. The van der Waals surface area contributed by atoms with Crippen LogP contribution in [0.5, 0.6) is 11.5 Å². The highest BCUT2D eigenvalue weighted by molar-refractivity contribution is 6.46. The van der Waals surface area contributed by atoms with Crippen LogP contribution in [0.3, 0.4) is 0 Å². The Bertz CT molecular complexity index is 1360. The molecule has 1 atom stereocenters. The molecule has 6 heteroatoms. The SMILES string of the molecule is CCOc1ccc(/C(O)=C2/C(=O)C(=O)N(Cc3cccc(OC)c3)C2c2cccc(C)c2)cc1C(C)C. The van der Waals surface area contributed by atoms with Crippen molar-refractivity contribution < 1.29 is 24.2 Å². The second kappa shape index (κ2) is 10.9. The minimum Gasteiger partial charge on any atom is -0.507 e. The van der Waals surface area contributed by atoms with Crippen molar-refractivity contribution in [3.8, 4) is 11.5 Å². The number of likely N-dealkylation sites (tertiary alicyclic amines) is 1. The molecule has 1 amide bonds. The van der Waals surface area contributed by atoms with Crippen LogP contribution in [-0.4, -0.2) is 35.4 Å². The van der Waals surface area contributed by atoms with Crippen LogP contribution in [0.4, 0.5) is 0 Å². The van der Waals surface area contributed by atoms with E-state index in [0.29, 0.717) is 17.9 Å². The number of aryl methyl sites for hydroxylation is 1. The number of rotatable bonds is 8. The van der Waals surface area contributed by atoms with Gasteiger partial charge in [0.25, 0.3) is 11.7 Å². The molecule has 1 saturated heterocycles. The summed E-state index contributed by atoms with van der Waals surface area (Å²) in [5.74, 6) is -0.00220. The maximum absolute atomic E-state index is 13.4. The van der Waals surface area contributed by atoms with E-state index in [2.05, 4.69) is 0 Å². The third-order valence-corrected chi connectivity index (χ3v) is 6.59. The quantitative estimate of drug-likeness (QED) is 0.229. The van der Waals surface area contributed by atoms with E-state index in [0.717, 1.165) is 28.0 Å². The minimum absolute atomic E-state index is 0.0809. The number of benzene rings is 3. The average Bonchev–Trinajstić information content (AvgIpc) is 3.13. The van der Waals surface area contributed by atoms with Crippen LogP contribution in [0.25, 0.3) is 5.76 Å². The number of amides is 1. The molecule has 0 saturated carbocycles. The van der Waals surface area contributed by atoms with Gasteiger partial charge in [-0.25, -0.2) is 0 Å². The Balaban J connectivity index is 1.86. The van der Waals surface area contributed by atoms with E-state index in [1.165, 1.54) is 4.90 Å². The van der Waals surface area contributed by atoms with Crippen molar-refractivity contribution >= 4 is 17.4 Å². The van der Waals surface area contributed by atoms with Crippen molar-refractivity contribution in [2.24, 2.45) is 0 Å². The molecule has 4 rings (SSSR count). The Morgan fingerprint density at radius 1 is 1.03 bits per heavy atom. The largest absolute Gasteiger partial charge is 0.507 e. The van der Waals surface area contributed by atoms with Crippen molar-refractivity contribution in [1.29, 1.82) is 0 Å². The summed E-state index contributed by atoms with van der Waals surface area (Å²) in [7, 11) is 1.58. The van der Waals surface area contributed by atoms with Gasteiger partial charge in [-0.15, -0.1) is 0 Å². The lowest BCUT2D eigenvalue weighted by molar-refractivity contribution is -0.140. The highest BCUT2D eigenvalue weighted by Crippen LogP contribution is 2.41. The summed E-state index contributed by atoms with van der Waals surface area (Å²) in [6.45, 7) is 8.68. The smallest absolute Gasteiger partial charge is 0.295 e. The van der Waals surface area contributed by atoms with Gasteiger partial charge in [-0.05, 0) is 66.8 Å². The van der Waals surface area contributed by atoms with Gasteiger partial charge in [0.05, 0.1) is 25.3 Å². The van der Waals surface area contributed by atoms with Crippen LogP contribution < -0.4 is 9.47 Å². The molecule has 192 valence electrons. The fraction of sp³-hybridized carbons (Fsp3) is 0.290. The number of hydrogen-bond donors (Lipinski definition) is 1. The highest BCUT2D eigenvalue weighted by Gasteiger charge is 2.46. The number of hydrogen-bond acceptors (Lipinski definition) is 5. The van der Waals surface area contributed by atoms with Crippen LogP contribution in [0, 0.1) is 6.92 Å². The number of carbonyl (C=O) groups excluding carboxylic acids is 2. The molecule has 1 N–H and O–H groups in total. The Kier molecular flexibility index (Phi) is 7.67. The molecular formula is C31H33NO5. The van der Waals surface area contributed by atoms with E-state index >= 15 is 0 Å². The fourth-order valence-corrected chi connectivity index (χ4v) is 4.79. The van der Waals surface area contributed by atoms with Gasteiger partial charge < -0.3 is 19.5 Å². The van der Waals surface area contributed by atoms with Crippen LogP contribution in [0.1, 0.15) is 60.5 Å². The number of Topliss-reactive ketones (excluding diaryl/α,β-unsaturated/α-hetero) is 1. The molecule has 1 aliphatic rings. The second-order valence-electron chi connectivity index (χ2n) is 9.53. The summed E-state index contributed by atoms with van der Waals surface area (Å²) in [6.07, 6.45) is 0. The molecule has 0 aliphatic carbocycles. The Morgan fingerprint density at radius 3 is 2.46 bits per heavy atom. The van der Waals surface area contributed by atoms with E-state index in [-0.39, 0.29) is 23.8 Å². The van der Waals surface area contributed by atoms with Gasteiger partial charge in [0, 0.05) is 12.1 Å². The van der Waals surface area contributed by atoms with Crippen molar-refractivity contribution in [3.05, 3.63) is 100 Å². The maximum Gasteiger partial charge on any atom is 0.295 e. The zero-order chi connectivity index (χ0) is 26.7. The van der Waals surface area contributed by atoms with Gasteiger partial charge in [0.1, 0.15) is 17.3 Å². The van der Waals surface area contributed by atoms with Gasteiger partial charge in [-0.2, -0.15) is 0 Å². The van der Waals surface area contributed by atoms with Crippen molar-refractivity contribution in [1.82, 2.24) is 4.90 Å². The summed E-state index contributed by atoms with van der Waals surface area (Å²) in [6, 6.07) is 19.7. The standard InChI is InChI=1S/C31H33NO5/c1-6-37-26-14-13-23(17-25(26)19(2)3)29(33)27-28(22-11-7-9-20(4)15-22)32(31(35)30(27)34)18-21-10-8-12-24(16-21)36-5/h7-17,19,28,33H,6,18H2,1-5H3/b29-27-. The van der Waals surface area contributed by atoms with Gasteiger partial charge in [-0.1, -0.05) is 55.8 Å². The van der Waals surface area contributed by atoms with E-state index in [9.17, 15) is 14.7 Å². The van der Waals surface area contributed by atoms with E-state index in [1.807, 2.05) is 88.4 Å². The lowest BCUT2D eigenvalue weighted by atomic mass is 9.92. The Morgan fingerprint density at radius 2 is 1.78 bits per heavy atom. The number of aliphatic hydroxyl groups excluding tert-OH is 1. The molecule has 1 unspecified atom stereocenters. The number of nitrogens with zero attached hydrogens (tertiary/aromatic N) is 1. The molecule has 0 spiro atoms. The van der Waals surface area contributed by atoms with Crippen LogP contribution in [0.2, 0.25) is 0 Å². The van der Waals surface area contributed by atoms with E-state index in [1.54, 1.807) is 13.2 Å². The summed E-state index contributed by atoms with van der Waals surface area (Å²) >= 11 is 0. The van der Waals surface area contributed by atoms with Gasteiger partial charge in [-0.3, -0.25) is 9.59 Å². The number of carbonyl (C=O) groups is 2. The zero-order valence-electron chi connectivity index (χ0n) is 21.9. The van der Waals surface area contributed by atoms with Crippen LogP contribution in [0.15, 0.2) is 72.3 Å². The molecule has 37 heavy (non-hydrogen) atoms. The lowest BCUT2D eigenvalue weighted by Crippen LogP contribution is -2.29. The van der Waals surface area contributed by atoms with Gasteiger partial charge in [0.2, 0.25) is 0 Å². The highest BCUT2D eigenvalue weighted by atomic mass is 16.5. The van der Waals surface area contributed by atoms with Crippen LogP contribution >= 0.6 is 0 Å². The van der Waals surface area contributed by atoms with Crippen molar-refractivity contribution in [2.75, 3.05) is 13.7 Å². The number of methoxy groups -OCH3 is 1. The molecule has 0 bridgehead atoms. The monoisotopic (exact) mass is 499 g/mol. The predicted molar refractivity (Wildman–Crippen MR) is 144 cm³/mol. The first-order chi connectivity index (χ1) is 17.7. The maximum atomic E-state index is 13.4. The van der Waals surface area contributed by atoms with E-state index < -0.39 is 17.7 Å². The topological polar surface area (TPSA) is 76.1 Å². The third kappa shape index (κ3) is 5.24. The number of aliphatic hydroxyl groups is 1. The Hall–Kier alpha value is -4.06. The number of ether oxygens (including phenoxy) is 2. The van der Waals surface area contributed by atoms with E-state index in [4.69, 9.17) is 9.47 Å². The summed E-state index contributed by atoms with van der Waals surface area (Å²) in [5, 5.41) is 11.5. The fourth-order valence-electron chi connectivity index (χ4n) is 4.79. The molecule has 6 nitrogen and oxygen atoms in total. The molecule has 3 aromatic carbocycles. The second-order valence-corrected chi connectivity index (χ2v) is 9.53. The average molecular weight is 500 g/mol. The summed E-state index contributed by atoms with van der Waals surface area (Å²) < 4.78 is 11.1. The first kappa shape index (κ1) is 26.0. The molecule has 0 aromatic heterocycles. The summed E-state index contributed by atoms with van der Waals surface area (Å²) in [4.78, 5) is 28.3. The normalized spacial score (nSPS) is 16.9. The first-order valence-corrected chi connectivity index (χ1v) is 12.5. The third-order valence-electron chi connectivity index (χ3n) is 6.59. The first-order valence-electron chi connectivity index (χ1n) is 12.5. The summed E-state index contributed by atoms with van der Waals surface area (Å²) in [5.41, 5.74) is 4.05. The molecule has 1 fully saturated rings. The molecule has 0 radical (unpaired) electrons.